The fourth-order valence-corrected chi connectivity index (χ4v) is 3.90. The second kappa shape index (κ2) is 10.8. The van der Waals surface area contributed by atoms with Crippen LogP contribution in [-0.4, -0.2) is 44.9 Å². The minimum absolute atomic E-state index is 0.0167. The van der Waals surface area contributed by atoms with E-state index in [0.717, 1.165) is 30.8 Å². The molecule has 2 atom stereocenters. The quantitative estimate of drug-likeness (QED) is 0.592. The van der Waals surface area contributed by atoms with Gasteiger partial charge in [0.05, 0.1) is 6.61 Å². The predicted octanol–water partition coefficient (Wildman–Crippen LogP) is 2.33. The summed E-state index contributed by atoms with van der Waals surface area (Å²) in [6.45, 7) is 4.04. The van der Waals surface area contributed by atoms with Gasteiger partial charge in [0.25, 0.3) is 5.91 Å². The summed E-state index contributed by atoms with van der Waals surface area (Å²) in [6.07, 6.45) is 0.0213. The first-order chi connectivity index (χ1) is 15.3. The van der Waals surface area contributed by atoms with E-state index in [2.05, 4.69) is 29.6 Å². The highest BCUT2D eigenvalue weighted by Gasteiger charge is 2.24. The van der Waals surface area contributed by atoms with Crippen molar-refractivity contribution < 1.29 is 19.2 Å². The summed E-state index contributed by atoms with van der Waals surface area (Å²) in [5.74, 6) is 0.567. The third kappa shape index (κ3) is 6.17. The normalized spacial score (nSPS) is 18.3. The predicted molar refractivity (Wildman–Crippen MR) is 121 cm³/mol. The van der Waals surface area contributed by atoms with Crippen molar-refractivity contribution in [1.29, 1.82) is 0 Å². The van der Waals surface area contributed by atoms with Crippen molar-refractivity contribution >= 4 is 5.91 Å². The summed E-state index contributed by atoms with van der Waals surface area (Å²) in [5, 5.41) is 2.96. The fourth-order valence-electron chi connectivity index (χ4n) is 3.90. The molecule has 0 bridgehead atoms. The highest BCUT2D eigenvalue weighted by atomic mass is 16.5. The molecule has 1 unspecified atom stereocenters. The van der Waals surface area contributed by atoms with Crippen LogP contribution in [0.5, 0.6) is 5.75 Å². The van der Waals surface area contributed by atoms with E-state index < -0.39 is 0 Å². The Morgan fingerprint density at radius 3 is 2.48 bits per heavy atom. The molecule has 0 aliphatic carbocycles. The maximum Gasteiger partial charge on any atom is 0.258 e. The fraction of sp³-hybridized carbons (Fsp3) is 0.269. The van der Waals surface area contributed by atoms with Crippen molar-refractivity contribution in [2.75, 3.05) is 32.8 Å². The number of ether oxygens (including phenoxy) is 2. The van der Waals surface area contributed by atoms with Crippen LogP contribution in [0.1, 0.15) is 5.56 Å². The maximum atomic E-state index is 12.4. The molecule has 0 radical (unpaired) electrons. The Balaban J connectivity index is 1.25. The van der Waals surface area contributed by atoms with Gasteiger partial charge in [-0.1, -0.05) is 78.9 Å². The van der Waals surface area contributed by atoms with Gasteiger partial charge < -0.3 is 19.7 Å². The first-order valence-electron chi connectivity index (χ1n) is 10.8. The number of carbonyl (C=O) groups is 1. The van der Waals surface area contributed by atoms with E-state index in [4.69, 9.17) is 9.47 Å². The molecule has 1 saturated heterocycles. The number of benzene rings is 3. The Bertz CT molecular complexity index is 963. The Hall–Kier alpha value is -3.15. The molecule has 3 aromatic carbocycles. The van der Waals surface area contributed by atoms with Crippen LogP contribution in [0, 0.1) is 0 Å². The van der Waals surface area contributed by atoms with Crippen LogP contribution in [0.2, 0.25) is 0 Å². The molecule has 160 valence electrons. The van der Waals surface area contributed by atoms with Gasteiger partial charge in [-0.15, -0.1) is 0 Å². The van der Waals surface area contributed by atoms with Crippen molar-refractivity contribution in [1.82, 2.24) is 5.32 Å². The average molecular weight is 418 g/mol. The highest BCUT2D eigenvalue weighted by molar-refractivity contribution is 5.78. The van der Waals surface area contributed by atoms with Gasteiger partial charge in [0.2, 0.25) is 0 Å². The van der Waals surface area contributed by atoms with Crippen molar-refractivity contribution in [2.45, 2.75) is 12.6 Å². The van der Waals surface area contributed by atoms with Crippen molar-refractivity contribution in [3.8, 4) is 16.9 Å². The van der Waals surface area contributed by atoms with E-state index >= 15 is 0 Å². The average Bonchev–Trinajstić information content (AvgIpc) is 2.83. The lowest BCUT2D eigenvalue weighted by Crippen LogP contribution is -3.13. The molecule has 1 aliphatic heterocycles. The molecular weight excluding hydrogens is 388 g/mol. The second-order valence-electron chi connectivity index (χ2n) is 7.81. The molecule has 3 aromatic rings. The molecule has 1 aliphatic rings. The van der Waals surface area contributed by atoms with Crippen LogP contribution in [0.15, 0.2) is 84.9 Å². The SMILES string of the molecule is O=C(COc1ccccc1-c1ccccc1)NC[C@H]1C[NH+](Cc2ccccc2)CCO1. The lowest BCUT2D eigenvalue weighted by Gasteiger charge is -2.30. The third-order valence-corrected chi connectivity index (χ3v) is 5.48. The zero-order chi connectivity index (χ0) is 21.3. The van der Waals surface area contributed by atoms with Crippen LogP contribution in [0.25, 0.3) is 11.1 Å². The number of hydrogen-bond donors (Lipinski definition) is 2. The van der Waals surface area contributed by atoms with Gasteiger partial charge >= 0.3 is 0 Å². The topological polar surface area (TPSA) is 52.0 Å². The molecule has 4 rings (SSSR count). The molecule has 1 heterocycles. The molecule has 0 saturated carbocycles. The first-order valence-corrected chi connectivity index (χ1v) is 10.8. The van der Waals surface area contributed by atoms with Crippen LogP contribution in [0.3, 0.4) is 0 Å². The van der Waals surface area contributed by atoms with Crippen LogP contribution in [-0.2, 0) is 16.1 Å². The van der Waals surface area contributed by atoms with Gasteiger partial charge in [-0.3, -0.25) is 4.79 Å². The third-order valence-electron chi connectivity index (χ3n) is 5.48. The number of rotatable bonds is 8. The number of amides is 1. The van der Waals surface area contributed by atoms with Gasteiger partial charge in [0, 0.05) is 17.7 Å². The van der Waals surface area contributed by atoms with Crippen LogP contribution >= 0.6 is 0 Å². The van der Waals surface area contributed by atoms with E-state index in [1.54, 1.807) is 0 Å². The number of hydrogen-bond acceptors (Lipinski definition) is 3. The summed E-state index contributed by atoms with van der Waals surface area (Å²) in [7, 11) is 0. The second-order valence-corrected chi connectivity index (χ2v) is 7.81. The first kappa shape index (κ1) is 21.1. The molecule has 0 aromatic heterocycles. The molecule has 31 heavy (non-hydrogen) atoms. The van der Waals surface area contributed by atoms with E-state index in [0.29, 0.717) is 18.9 Å². The molecule has 1 amide bonds. The monoisotopic (exact) mass is 417 g/mol. The Morgan fingerprint density at radius 2 is 1.68 bits per heavy atom. The summed E-state index contributed by atoms with van der Waals surface area (Å²) in [5.41, 5.74) is 3.37. The number of morpholine rings is 1. The summed E-state index contributed by atoms with van der Waals surface area (Å²) < 4.78 is 11.7. The van der Waals surface area contributed by atoms with Gasteiger partial charge in [0.15, 0.2) is 6.61 Å². The van der Waals surface area contributed by atoms with E-state index in [-0.39, 0.29) is 18.6 Å². The minimum atomic E-state index is -0.137. The number of nitrogens with one attached hydrogen (secondary N) is 2. The zero-order valence-electron chi connectivity index (χ0n) is 17.6. The van der Waals surface area contributed by atoms with Crippen molar-refractivity contribution in [2.24, 2.45) is 0 Å². The molecule has 2 N–H and O–H groups in total. The lowest BCUT2D eigenvalue weighted by atomic mass is 10.1. The number of quaternary nitrogens is 1. The summed E-state index contributed by atoms with van der Waals surface area (Å²) in [4.78, 5) is 13.9. The van der Waals surface area contributed by atoms with E-state index in [1.807, 2.05) is 60.7 Å². The Kier molecular flexibility index (Phi) is 7.32. The van der Waals surface area contributed by atoms with Gasteiger partial charge in [0.1, 0.15) is 31.5 Å². The van der Waals surface area contributed by atoms with Crippen molar-refractivity contribution in [3.05, 3.63) is 90.5 Å². The Labute approximate surface area is 183 Å². The maximum absolute atomic E-state index is 12.4. The largest absolute Gasteiger partial charge is 0.483 e. The van der Waals surface area contributed by atoms with Gasteiger partial charge in [-0.25, -0.2) is 0 Å². The Morgan fingerprint density at radius 1 is 0.968 bits per heavy atom. The molecule has 0 spiro atoms. The van der Waals surface area contributed by atoms with Crippen LogP contribution in [0.4, 0.5) is 0 Å². The standard InChI is InChI=1S/C26H28N2O3/c29-26(20-31-25-14-8-7-13-24(25)22-11-5-2-6-12-22)27-17-23-19-28(15-16-30-23)18-21-9-3-1-4-10-21/h1-14,23H,15-20H2,(H,27,29)/p+1/t23-/m0/s1. The van der Waals surface area contributed by atoms with E-state index in [1.165, 1.54) is 10.5 Å². The van der Waals surface area contributed by atoms with Crippen LogP contribution < -0.4 is 15.0 Å². The van der Waals surface area contributed by atoms with Crippen molar-refractivity contribution in [3.63, 3.8) is 0 Å². The van der Waals surface area contributed by atoms with Gasteiger partial charge in [-0.2, -0.15) is 0 Å². The molecule has 5 nitrogen and oxygen atoms in total. The minimum Gasteiger partial charge on any atom is -0.483 e. The smallest absolute Gasteiger partial charge is 0.258 e. The van der Waals surface area contributed by atoms with Gasteiger partial charge in [-0.05, 0) is 11.6 Å². The molecular formula is C26H29N2O3+. The molecule has 1 fully saturated rings. The highest BCUT2D eigenvalue weighted by Crippen LogP contribution is 2.29. The summed E-state index contributed by atoms with van der Waals surface area (Å²) in [6, 6.07) is 28.3. The number of carbonyl (C=O) groups excluding carboxylic acids is 1. The summed E-state index contributed by atoms with van der Waals surface area (Å²) >= 11 is 0. The number of para-hydroxylation sites is 1. The zero-order valence-corrected chi connectivity index (χ0v) is 17.6. The molecule has 5 heteroatoms. The lowest BCUT2D eigenvalue weighted by molar-refractivity contribution is -0.925. The van der Waals surface area contributed by atoms with E-state index in [9.17, 15) is 4.79 Å².